The average Bonchev–Trinajstić information content (AvgIpc) is 3.30. The van der Waals surface area contributed by atoms with E-state index < -0.39 is 0 Å². The van der Waals surface area contributed by atoms with E-state index in [1.807, 2.05) is 59.2 Å². The van der Waals surface area contributed by atoms with Crippen molar-refractivity contribution in [2.45, 2.75) is 24.4 Å². The standard InChI is InChI=1S/C24H29N5O3S/c1-31-21-13-7-6-12-20(21)29-23(28-15-8-3-9-16-28)26-27-24(29)33-18-22(30)25-14-17-32-19-10-4-2-5-11-19/h2,4-7,10-13H,3,8-9,14-18H2,1H3,(H,25,30). The topological polar surface area (TPSA) is 81.5 Å². The molecular formula is C24H29N5O3S. The van der Waals surface area contributed by atoms with Crippen molar-refractivity contribution < 1.29 is 14.3 Å². The van der Waals surface area contributed by atoms with Crippen molar-refractivity contribution in [1.29, 1.82) is 0 Å². The molecule has 0 atom stereocenters. The number of nitrogens with zero attached hydrogens (tertiary/aromatic N) is 4. The lowest BCUT2D eigenvalue weighted by Crippen LogP contribution is -2.32. The minimum Gasteiger partial charge on any atom is -0.495 e. The molecule has 9 heteroatoms. The zero-order chi connectivity index (χ0) is 22.9. The van der Waals surface area contributed by atoms with Crippen molar-refractivity contribution in [2.24, 2.45) is 0 Å². The van der Waals surface area contributed by atoms with E-state index in [0.717, 1.165) is 49.1 Å². The van der Waals surface area contributed by atoms with Gasteiger partial charge in [-0.1, -0.05) is 42.1 Å². The Labute approximate surface area is 198 Å². The summed E-state index contributed by atoms with van der Waals surface area (Å²) in [5, 5.41) is 12.5. The fraction of sp³-hybridized carbons (Fsp3) is 0.375. The van der Waals surface area contributed by atoms with Crippen LogP contribution in [0.25, 0.3) is 5.69 Å². The zero-order valence-corrected chi connectivity index (χ0v) is 19.6. The summed E-state index contributed by atoms with van der Waals surface area (Å²) in [4.78, 5) is 14.7. The minimum atomic E-state index is -0.0780. The number of hydrogen-bond donors (Lipinski definition) is 1. The highest BCUT2D eigenvalue weighted by Crippen LogP contribution is 2.32. The molecule has 0 aliphatic carbocycles. The van der Waals surface area contributed by atoms with E-state index in [-0.39, 0.29) is 11.7 Å². The lowest BCUT2D eigenvalue weighted by molar-refractivity contribution is -0.118. The van der Waals surface area contributed by atoms with Gasteiger partial charge >= 0.3 is 0 Å². The van der Waals surface area contributed by atoms with Gasteiger partial charge in [0.1, 0.15) is 18.1 Å². The maximum absolute atomic E-state index is 12.4. The Hall–Kier alpha value is -3.20. The number of thioether (sulfide) groups is 1. The summed E-state index contributed by atoms with van der Waals surface area (Å²) in [5.74, 6) is 2.47. The quantitative estimate of drug-likeness (QED) is 0.361. The molecule has 8 nitrogen and oxygen atoms in total. The van der Waals surface area contributed by atoms with E-state index in [1.54, 1.807) is 7.11 Å². The predicted molar refractivity (Wildman–Crippen MR) is 130 cm³/mol. The van der Waals surface area contributed by atoms with Gasteiger partial charge in [-0.3, -0.25) is 9.36 Å². The Morgan fingerprint density at radius 3 is 2.58 bits per heavy atom. The Kier molecular flexibility index (Phi) is 8.08. The first-order valence-electron chi connectivity index (χ1n) is 11.2. The zero-order valence-electron chi connectivity index (χ0n) is 18.8. The number of aromatic nitrogens is 3. The van der Waals surface area contributed by atoms with Gasteiger partial charge < -0.3 is 19.7 Å². The molecule has 1 fully saturated rings. The third kappa shape index (κ3) is 5.98. The van der Waals surface area contributed by atoms with Crippen LogP contribution in [0, 0.1) is 0 Å². The summed E-state index contributed by atoms with van der Waals surface area (Å²) in [5.41, 5.74) is 0.866. The third-order valence-corrected chi connectivity index (χ3v) is 6.28. The van der Waals surface area contributed by atoms with Gasteiger partial charge in [0, 0.05) is 13.1 Å². The lowest BCUT2D eigenvalue weighted by atomic mass is 10.1. The van der Waals surface area contributed by atoms with Crippen LogP contribution >= 0.6 is 11.8 Å². The van der Waals surface area contributed by atoms with Gasteiger partial charge in [0.15, 0.2) is 5.16 Å². The highest BCUT2D eigenvalue weighted by molar-refractivity contribution is 7.99. The van der Waals surface area contributed by atoms with Crippen LogP contribution < -0.4 is 19.7 Å². The lowest BCUT2D eigenvalue weighted by Gasteiger charge is -2.28. The second-order valence-electron chi connectivity index (χ2n) is 7.64. The van der Waals surface area contributed by atoms with Crippen LogP contribution in [0.15, 0.2) is 59.8 Å². The molecule has 1 amide bonds. The first kappa shape index (κ1) is 23.0. The molecule has 3 aromatic rings. The summed E-state index contributed by atoms with van der Waals surface area (Å²) in [6, 6.07) is 17.4. The molecule has 1 aromatic heterocycles. The molecule has 0 spiro atoms. The molecule has 0 bridgehead atoms. The van der Waals surface area contributed by atoms with Crippen molar-refractivity contribution >= 4 is 23.6 Å². The van der Waals surface area contributed by atoms with Gasteiger partial charge in [-0.15, -0.1) is 10.2 Å². The predicted octanol–water partition coefficient (Wildman–Crippen LogP) is 3.55. The molecule has 0 saturated carbocycles. The number of benzene rings is 2. The molecule has 33 heavy (non-hydrogen) atoms. The first-order valence-corrected chi connectivity index (χ1v) is 12.2. The maximum atomic E-state index is 12.4. The number of piperidine rings is 1. The molecular weight excluding hydrogens is 438 g/mol. The van der Waals surface area contributed by atoms with Gasteiger partial charge in [0.2, 0.25) is 11.9 Å². The number of carbonyl (C=O) groups excluding carboxylic acids is 1. The van der Waals surface area contributed by atoms with Crippen LogP contribution in [0.1, 0.15) is 19.3 Å². The summed E-state index contributed by atoms with van der Waals surface area (Å²) < 4.78 is 13.2. The average molecular weight is 468 g/mol. The number of hydrogen-bond acceptors (Lipinski definition) is 7. The van der Waals surface area contributed by atoms with Gasteiger partial charge in [-0.25, -0.2) is 0 Å². The molecule has 1 N–H and O–H groups in total. The van der Waals surface area contributed by atoms with E-state index in [9.17, 15) is 4.79 Å². The molecule has 4 rings (SSSR count). The van der Waals surface area contributed by atoms with Crippen molar-refractivity contribution in [3.63, 3.8) is 0 Å². The summed E-state index contributed by atoms with van der Waals surface area (Å²) in [7, 11) is 1.65. The van der Waals surface area contributed by atoms with E-state index in [1.165, 1.54) is 18.2 Å². The maximum Gasteiger partial charge on any atom is 0.232 e. The molecule has 2 aromatic carbocycles. The van der Waals surface area contributed by atoms with Crippen LogP contribution in [0.4, 0.5) is 5.95 Å². The smallest absolute Gasteiger partial charge is 0.232 e. The van der Waals surface area contributed by atoms with E-state index in [0.29, 0.717) is 18.3 Å². The first-order chi connectivity index (χ1) is 16.3. The minimum absolute atomic E-state index is 0.0780. The Morgan fingerprint density at radius 1 is 1.03 bits per heavy atom. The fourth-order valence-electron chi connectivity index (χ4n) is 3.74. The van der Waals surface area contributed by atoms with Gasteiger partial charge in [-0.05, 0) is 43.5 Å². The number of nitrogens with one attached hydrogen (secondary N) is 1. The molecule has 1 saturated heterocycles. The second kappa shape index (κ2) is 11.6. The number of methoxy groups -OCH3 is 1. The fourth-order valence-corrected chi connectivity index (χ4v) is 4.51. The molecule has 0 radical (unpaired) electrons. The number of amides is 1. The van der Waals surface area contributed by atoms with Gasteiger partial charge in [-0.2, -0.15) is 0 Å². The van der Waals surface area contributed by atoms with Crippen molar-refractivity contribution in [3.8, 4) is 17.2 Å². The Morgan fingerprint density at radius 2 is 1.79 bits per heavy atom. The summed E-state index contributed by atoms with van der Waals surface area (Å²) >= 11 is 1.36. The van der Waals surface area contributed by atoms with Crippen LogP contribution in [0.3, 0.4) is 0 Å². The molecule has 174 valence electrons. The van der Waals surface area contributed by atoms with Crippen LogP contribution in [0.2, 0.25) is 0 Å². The van der Waals surface area contributed by atoms with Crippen molar-refractivity contribution in [1.82, 2.24) is 20.1 Å². The third-order valence-electron chi connectivity index (χ3n) is 5.35. The summed E-state index contributed by atoms with van der Waals surface area (Å²) in [6.07, 6.45) is 3.50. The number of carbonyl (C=O) groups is 1. The number of para-hydroxylation sites is 3. The van der Waals surface area contributed by atoms with E-state index >= 15 is 0 Å². The molecule has 0 unspecified atom stereocenters. The Balaban J connectivity index is 1.41. The largest absolute Gasteiger partial charge is 0.495 e. The monoisotopic (exact) mass is 467 g/mol. The highest BCUT2D eigenvalue weighted by atomic mass is 32.2. The second-order valence-corrected chi connectivity index (χ2v) is 8.58. The molecule has 1 aliphatic heterocycles. The number of rotatable bonds is 10. The number of ether oxygens (including phenoxy) is 2. The molecule has 1 aliphatic rings. The SMILES string of the molecule is COc1ccccc1-n1c(SCC(=O)NCCOc2ccccc2)nnc1N1CCCCC1. The molecule has 2 heterocycles. The highest BCUT2D eigenvalue weighted by Gasteiger charge is 2.23. The van der Waals surface area contributed by atoms with Gasteiger partial charge in [0.25, 0.3) is 0 Å². The summed E-state index contributed by atoms with van der Waals surface area (Å²) in [6.45, 7) is 2.74. The van der Waals surface area contributed by atoms with Crippen molar-refractivity contribution in [3.05, 3.63) is 54.6 Å². The van der Waals surface area contributed by atoms with E-state index in [4.69, 9.17) is 9.47 Å². The van der Waals surface area contributed by atoms with Crippen molar-refractivity contribution in [2.75, 3.05) is 44.0 Å². The van der Waals surface area contributed by atoms with Gasteiger partial charge in [0.05, 0.1) is 25.1 Å². The number of anilines is 1. The van der Waals surface area contributed by atoms with Crippen LogP contribution in [-0.4, -0.2) is 59.8 Å². The van der Waals surface area contributed by atoms with E-state index in [2.05, 4.69) is 20.4 Å². The van der Waals surface area contributed by atoms with Crippen LogP contribution in [0.5, 0.6) is 11.5 Å². The van der Waals surface area contributed by atoms with Crippen LogP contribution in [-0.2, 0) is 4.79 Å². The normalized spacial score (nSPS) is 13.5. The Bertz CT molecular complexity index is 1040.